The second-order valence-electron chi connectivity index (χ2n) is 8.90. The van der Waals surface area contributed by atoms with E-state index in [1.807, 2.05) is 48.7 Å². The van der Waals surface area contributed by atoms with Crippen LogP contribution in [0.5, 0.6) is 0 Å². The number of aromatic nitrogens is 3. The van der Waals surface area contributed by atoms with Crippen LogP contribution in [0.2, 0.25) is 0 Å². The Morgan fingerprint density at radius 1 is 1.03 bits per heavy atom. The van der Waals surface area contributed by atoms with Crippen LogP contribution in [0.15, 0.2) is 106 Å². The number of primary sulfonamides is 1. The van der Waals surface area contributed by atoms with Gasteiger partial charge in [0.1, 0.15) is 6.33 Å². The molecule has 0 saturated carbocycles. The molecule has 3 aromatic carbocycles. The zero-order valence-electron chi connectivity index (χ0n) is 20.7. The Morgan fingerprint density at radius 2 is 1.69 bits per heavy atom. The third-order valence-electron chi connectivity index (χ3n) is 6.12. The van der Waals surface area contributed by atoms with Crippen LogP contribution in [0.3, 0.4) is 0 Å². The molecule has 11 heteroatoms. The van der Waals surface area contributed by atoms with Crippen molar-refractivity contribution in [3.63, 3.8) is 0 Å². The molecule has 0 unspecified atom stereocenters. The van der Waals surface area contributed by atoms with Crippen LogP contribution in [0.1, 0.15) is 23.7 Å². The Bertz CT molecular complexity index is 1890. The minimum atomic E-state index is -3.84. The van der Waals surface area contributed by atoms with E-state index in [0.717, 1.165) is 15.6 Å². The molecule has 0 aliphatic carbocycles. The number of rotatable bonds is 7. The monoisotopic (exact) mass is 602 g/mol. The summed E-state index contributed by atoms with van der Waals surface area (Å²) in [7, 11) is -3.84. The summed E-state index contributed by atoms with van der Waals surface area (Å²) >= 11 is 3.46. The fourth-order valence-electron chi connectivity index (χ4n) is 4.23. The smallest absolute Gasteiger partial charge is 0.238 e. The summed E-state index contributed by atoms with van der Waals surface area (Å²) in [5.41, 5.74) is 3.96. The van der Waals surface area contributed by atoms with Gasteiger partial charge in [-0.15, -0.1) is 0 Å². The van der Waals surface area contributed by atoms with Gasteiger partial charge in [-0.3, -0.25) is 10.2 Å². The van der Waals surface area contributed by atoms with Gasteiger partial charge in [-0.25, -0.2) is 23.2 Å². The number of ketones is 1. The third-order valence-corrected chi connectivity index (χ3v) is 7.58. The Kier molecular flexibility index (Phi) is 7.13. The first kappa shape index (κ1) is 26.4. The van der Waals surface area contributed by atoms with Crippen LogP contribution in [0, 0.1) is 5.41 Å². The summed E-state index contributed by atoms with van der Waals surface area (Å²) < 4.78 is 27.5. The Hall–Kier alpha value is -4.19. The molecule has 9 nitrogen and oxygen atoms in total. The Morgan fingerprint density at radius 3 is 2.33 bits per heavy atom. The number of fused-ring (bicyclic) bond motifs is 1. The van der Waals surface area contributed by atoms with E-state index in [-0.39, 0.29) is 22.6 Å². The fourth-order valence-corrected chi connectivity index (χ4v) is 5.01. The van der Waals surface area contributed by atoms with E-state index >= 15 is 0 Å². The average molecular weight is 604 g/mol. The highest BCUT2D eigenvalue weighted by Gasteiger charge is 2.17. The number of carbonyl (C=O) groups is 1. The van der Waals surface area contributed by atoms with Crippen LogP contribution in [0.4, 0.5) is 0 Å². The van der Waals surface area contributed by atoms with Crippen molar-refractivity contribution < 1.29 is 13.2 Å². The van der Waals surface area contributed by atoms with E-state index in [4.69, 9.17) is 10.5 Å². The van der Waals surface area contributed by atoms with Crippen molar-refractivity contribution in [2.45, 2.75) is 18.2 Å². The Balaban J connectivity index is 1.62. The maximum absolute atomic E-state index is 12.7. The number of carbonyl (C=O) groups excluding carboxylic acids is 1. The lowest BCUT2D eigenvalue weighted by atomic mass is 10.1. The number of nitrogens with one attached hydrogen (secondary N) is 1. The molecule has 0 atom stereocenters. The van der Waals surface area contributed by atoms with Gasteiger partial charge in [0.05, 0.1) is 16.7 Å². The summed E-state index contributed by atoms with van der Waals surface area (Å²) in [4.78, 5) is 17.3. The highest BCUT2D eigenvalue weighted by Crippen LogP contribution is 2.30. The van der Waals surface area contributed by atoms with E-state index in [1.165, 1.54) is 23.1 Å². The number of nitrogens with two attached hydrogens (primary N) is 1. The maximum atomic E-state index is 12.7. The molecule has 0 bridgehead atoms. The van der Waals surface area contributed by atoms with E-state index in [2.05, 4.69) is 26.0 Å². The molecular formula is C28H23BrN6O3S. The quantitative estimate of drug-likeness (QED) is 0.202. The SMILES string of the molecule is C/C(CC(=O)c1ccccc1)=N/n1cnc2c(c(-c3ccc(Br)cc3)cn2-c2ccc(S(N)(=O)=O)cc2)c1=N. The molecule has 39 heavy (non-hydrogen) atoms. The van der Waals surface area contributed by atoms with E-state index in [1.54, 1.807) is 35.8 Å². The number of halogens is 1. The minimum Gasteiger partial charge on any atom is -0.301 e. The standard InChI is InChI=1S/C28H23BrN6O3S/c1-18(15-25(36)20-5-3-2-4-6-20)33-35-17-32-28-26(27(35)30)24(19-7-9-21(29)10-8-19)16-34(28)22-11-13-23(14-12-22)39(31,37)38/h2-14,16-17,30H,15H2,1H3,(H2,31,37,38)/b30-27?,33-18-. The molecule has 3 N–H and O–H groups in total. The van der Waals surface area contributed by atoms with Gasteiger partial charge in [0, 0.05) is 33.2 Å². The van der Waals surface area contributed by atoms with Gasteiger partial charge in [-0.2, -0.15) is 5.10 Å². The molecule has 0 radical (unpaired) electrons. The van der Waals surface area contributed by atoms with Crippen LogP contribution >= 0.6 is 15.9 Å². The van der Waals surface area contributed by atoms with Crippen molar-refractivity contribution >= 4 is 48.5 Å². The predicted molar refractivity (Wildman–Crippen MR) is 153 cm³/mol. The second-order valence-corrected chi connectivity index (χ2v) is 11.4. The van der Waals surface area contributed by atoms with E-state index in [0.29, 0.717) is 28.0 Å². The van der Waals surface area contributed by atoms with E-state index in [9.17, 15) is 13.2 Å². The molecule has 5 rings (SSSR count). The molecular weight excluding hydrogens is 580 g/mol. The first-order valence-electron chi connectivity index (χ1n) is 11.8. The molecule has 0 fully saturated rings. The lowest BCUT2D eigenvalue weighted by Crippen LogP contribution is -2.19. The summed E-state index contributed by atoms with van der Waals surface area (Å²) in [6, 6.07) is 22.8. The number of sulfonamides is 1. The maximum Gasteiger partial charge on any atom is 0.238 e. The van der Waals surface area contributed by atoms with Gasteiger partial charge in [-0.1, -0.05) is 58.4 Å². The van der Waals surface area contributed by atoms with Crippen molar-refractivity contribution in [3.8, 4) is 16.8 Å². The molecule has 2 heterocycles. The molecule has 0 amide bonds. The van der Waals surface area contributed by atoms with Crippen LogP contribution in [0.25, 0.3) is 27.8 Å². The van der Waals surface area contributed by atoms with Gasteiger partial charge in [0.2, 0.25) is 10.0 Å². The molecule has 196 valence electrons. The van der Waals surface area contributed by atoms with Crippen molar-refractivity contribution in [2.75, 3.05) is 0 Å². The van der Waals surface area contributed by atoms with Crippen LogP contribution in [-0.4, -0.2) is 34.1 Å². The fraction of sp³-hybridized carbons (Fsp3) is 0.0714. The van der Waals surface area contributed by atoms with Crippen molar-refractivity contribution in [1.29, 1.82) is 5.41 Å². The van der Waals surface area contributed by atoms with Gasteiger partial charge in [-0.05, 0) is 48.9 Å². The zero-order valence-corrected chi connectivity index (χ0v) is 23.1. The molecule has 5 aromatic rings. The first-order chi connectivity index (χ1) is 18.6. The molecule has 2 aromatic heterocycles. The van der Waals surface area contributed by atoms with Crippen molar-refractivity contribution in [1.82, 2.24) is 14.2 Å². The van der Waals surface area contributed by atoms with Crippen LogP contribution < -0.4 is 10.6 Å². The number of hydrogen-bond donors (Lipinski definition) is 2. The predicted octanol–water partition coefficient (Wildman–Crippen LogP) is 4.88. The van der Waals surface area contributed by atoms with Gasteiger partial charge in [0.25, 0.3) is 0 Å². The van der Waals surface area contributed by atoms with Crippen LogP contribution in [-0.2, 0) is 10.0 Å². The topological polar surface area (TPSA) is 136 Å². The first-order valence-corrected chi connectivity index (χ1v) is 14.1. The van der Waals surface area contributed by atoms with E-state index < -0.39 is 10.0 Å². The lowest BCUT2D eigenvalue weighted by molar-refractivity contribution is 0.100. The highest BCUT2D eigenvalue weighted by atomic mass is 79.9. The normalized spacial score (nSPS) is 12.1. The van der Waals surface area contributed by atoms with Gasteiger partial charge >= 0.3 is 0 Å². The summed E-state index contributed by atoms with van der Waals surface area (Å²) in [5.74, 6) is -0.0670. The highest BCUT2D eigenvalue weighted by molar-refractivity contribution is 9.10. The summed E-state index contributed by atoms with van der Waals surface area (Å²) in [5, 5.41) is 19.3. The van der Waals surface area contributed by atoms with Crippen molar-refractivity contribution in [2.24, 2.45) is 10.2 Å². The van der Waals surface area contributed by atoms with Gasteiger partial charge in [0.15, 0.2) is 16.9 Å². The summed E-state index contributed by atoms with van der Waals surface area (Å²) in [6.45, 7) is 1.74. The molecule has 0 spiro atoms. The Labute approximate surface area is 232 Å². The molecule has 0 aliphatic heterocycles. The van der Waals surface area contributed by atoms with Crippen molar-refractivity contribution in [3.05, 3.63) is 107 Å². The third kappa shape index (κ3) is 5.51. The molecule has 0 aliphatic rings. The van der Waals surface area contributed by atoms with Gasteiger partial charge < -0.3 is 4.57 Å². The minimum absolute atomic E-state index is 0.00214. The number of hydrogen-bond acceptors (Lipinski definition) is 6. The summed E-state index contributed by atoms with van der Waals surface area (Å²) in [6.07, 6.45) is 3.39. The average Bonchev–Trinajstić information content (AvgIpc) is 3.31. The second kappa shape index (κ2) is 10.5. The number of benzene rings is 3. The molecule has 0 saturated heterocycles. The number of nitrogens with zero attached hydrogens (tertiary/aromatic N) is 4. The lowest BCUT2D eigenvalue weighted by Gasteiger charge is -2.07. The zero-order chi connectivity index (χ0) is 27.7. The largest absolute Gasteiger partial charge is 0.301 e. The number of Topliss-reactive ketones (excluding diaryl/α,β-unsaturated/α-hetero) is 1.